The Kier molecular flexibility index (Phi) is 7.68. The molecule has 3 aromatic rings. The van der Waals surface area contributed by atoms with Crippen LogP contribution in [0.4, 0.5) is 5.00 Å². The fraction of sp³-hybridized carbons (Fsp3) is 0.400. The van der Waals surface area contributed by atoms with Gasteiger partial charge in [-0.15, -0.1) is 32.9 Å². The molecule has 3 rings (SSSR count). The molecule has 0 aliphatic rings. The minimum Gasteiger partial charge on any atom is -0.462 e. The van der Waals surface area contributed by atoms with Gasteiger partial charge in [-0.3, -0.25) is 4.79 Å². The first-order chi connectivity index (χ1) is 14.4. The summed E-state index contributed by atoms with van der Waals surface area (Å²) in [5.74, 6) is 0.433. The molecule has 0 saturated heterocycles. The molecule has 0 bridgehead atoms. The summed E-state index contributed by atoms with van der Waals surface area (Å²) in [6, 6.07) is 4.07. The van der Waals surface area contributed by atoms with Crippen molar-refractivity contribution in [1.29, 1.82) is 0 Å². The predicted molar refractivity (Wildman–Crippen MR) is 122 cm³/mol. The number of nitrogens with one attached hydrogen (secondary N) is 1. The van der Waals surface area contributed by atoms with Gasteiger partial charge >= 0.3 is 5.97 Å². The number of hydrogen-bond donors (Lipinski definition) is 1. The number of aromatic nitrogens is 3. The largest absolute Gasteiger partial charge is 0.462 e. The van der Waals surface area contributed by atoms with Crippen LogP contribution in [-0.2, 0) is 29.4 Å². The van der Waals surface area contributed by atoms with Crippen molar-refractivity contribution in [1.82, 2.24) is 14.8 Å². The van der Waals surface area contributed by atoms with Gasteiger partial charge in [-0.05, 0) is 37.3 Å². The summed E-state index contributed by atoms with van der Waals surface area (Å²) in [6.45, 7) is 6.00. The maximum absolute atomic E-state index is 12.6. The van der Waals surface area contributed by atoms with Gasteiger partial charge in [0.25, 0.3) is 0 Å². The van der Waals surface area contributed by atoms with Crippen molar-refractivity contribution in [2.45, 2.75) is 38.8 Å². The molecule has 3 aromatic heterocycles. The van der Waals surface area contributed by atoms with Gasteiger partial charge in [-0.25, -0.2) is 4.79 Å². The monoisotopic (exact) mass is 464 g/mol. The Morgan fingerprint density at radius 2 is 2.10 bits per heavy atom. The van der Waals surface area contributed by atoms with Crippen molar-refractivity contribution in [3.63, 3.8) is 0 Å². The average Bonchev–Trinajstić information content (AvgIpc) is 3.41. The van der Waals surface area contributed by atoms with Crippen molar-refractivity contribution >= 4 is 51.3 Å². The highest BCUT2D eigenvalue weighted by Gasteiger charge is 2.23. The van der Waals surface area contributed by atoms with Gasteiger partial charge in [0.15, 0.2) is 5.16 Å². The molecule has 0 unspecified atom stereocenters. The van der Waals surface area contributed by atoms with Crippen molar-refractivity contribution in [3.05, 3.63) is 44.2 Å². The van der Waals surface area contributed by atoms with Gasteiger partial charge in [0.2, 0.25) is 5.91 Å². The third-order valence-electron chi connectivity index (χ3n) is 4.46. The van der Waals surface area contributed by atoms with Crippen LogP contribution in [0.25, 0.3) is 0 Å². The van der Waals surface area contributed by atoms with Gasteiger partial charge in [0.1, 0.15) is 10.8 Å². The molecule has 0 spiro atoms. The molecule has 160 valence electrons. The van der Waals surface area contributed by atoms with Crippen LogP contribution in [0.15, 0.2) is 22.7 Å². The van der Waals surface area contributed by atoms with Crippen LogP contribution in [-0.4, -0.2) is 39.0 Å². The lowest BCUT2D eigenvalue weighted by molar-refractivity contribution is -0.113. The lowest BCUT2D eigenvalue weighted by atomic mass is 10.1. The van der Waals surface area contributed by atoms with E-state index < -0.39 is 5.97 Å². The zero-order valence-electron chi connectivity index (χ0n) is 17.4. The maximum atomic E-state index is 12.6. The second kappa shape index (κ2) is 10.2. The summed E-state index contributed by atoms with van der Waals surface area (Å²) < 4.78 is 7.10. The molecule has 1 amide bonds. The van der Waals surface area contributed by atoms with E-state index in [1.165, 1.54) is 28.0 Å². The summed E-state index contributed by atoms with van der Waals surface area (Å²) in [5.41, 5.74) is 1.39. The van der Waals surface area contributed by atoms with Crippen LogP contribution in [0.1, 0.15) is 45.3 Å². The van der Waals surface area contributed by atoms with E-state index in [0.29, 0.717) is 35.2 Å². The first kappa shape index (κ1) is 22.5. The number of thiophene rings is 2. The molecule has 1 N–H and O–H groups in total. The number of aryl methyl sites for hydroxylation is 1. The Morgan fingerprint density at radius 1 is 1.30 bits per heavy atom. The topological polar surface area (TPSA) is 86.1 Å². The summed E-state index contributed by atoms with van der Waals surface area (Å²) >= 11 is 4.40. The number of carbonyl (C=O) groups excluding carboxylic acids is 2. The number of thioether (sulfide) groups is 1. The third-order valence-corrected chi connectivity index (χ3v) is 7.42. The SMILES string of the molecule is CCOC(=O)c1c(NC(=O)CSc2nnc(Cc3cccs3)n2C)sc(C)c1CC. The van der Waals surface area contributed by atoms with Gasteiger partial charge in [-0.2, -0.15) is 0 Å². The molecule has 0 saturated carbocycles. The van der Waals surface area contributed by atoms with Crippen LogP contribution in [0.2, 0.25) is 0 Å². The highest BCUT2D eigenvalue weighted by molar-refractivity contribution is 7.99. The summed E-state index contributed by atoms with van der Waals surface area (Å²) in [5, 5.41) is 14.6. The minimum absolute atomic E-state index is 0.172. The predicted octanol–water partition coefficient (Wildman–Crippen LogP) is 4.31. The smallest absolute Gasteiger partial charge is 0.341 e. The standard InChI is InChI=1S/C20H24N4O3S3/c1-5-14-12(3)30-18(17(14)19(26)27-6-2)21-16(25)11-29-20-23-22-15(24(20)4)10-13-8-7-9-28-13/h7-9H,5-6,10-11H2,1-4H3,(H,21,25). The van der Waals surface area contributed by atoms with E-state index in [1.54, 1.807) is 18.3 Å². The number of amides is 1. The fourth-order valence-corrected chi connectivity index (χ4v) is 5.58. The van der Waals surface area contributed by atoms with Crippen LogP contribution >= 0.6 is 34.4 Å². The molecule has 30 heavy (non-hydrogen) atoms. The third kappa shape index (κ3) is 5.11. The highest BCUT2D eigenvalue weighted by atomic mass is 32.2. The van der Waals surface area contributed by atoms with Gasteiger partial charge in [0, 0.05) is 23.2 Å². The molecule has 0 aliphatic carbocycles. The van der Waals surface area contributed by atoms with E-state index in [4.69, 9.17) is 4.74 Å². The Morgan fingerprint density at radius 3 is 2.77 bits per heavy atom. The number of rotatable bonds is 9. The lowest BCUT2D eigenvalue weighted by Crippen LogP contribution is -2.17. The lowest BCUT2D eigenvalue weighted by Gasteiger charge is -2.08. The number of esters is 1. The van der Waals surface area contributed by atoms with E-state index in [2.05, 4.69) is 21.6 Å². The molecular formula is C20H24N4O3S3. The molecule has 3 heterocycles. The number of carbonyl (C=O) groups is 2. The van der Waals surface area contributed by atoms with E-state index in [0.717, 1.165) is 16.3 Å². The fourth-order valence-electron chi connectivity index (χ4n) is 3.00. The number of ether oxygens (including phenoxy) is 1. The molecule has 0 aromatic carbocycles. The van der Waals surface area contributed by atoms with E-state index in [1.807, 2.05) is 36.9 Å². The molecule has 0 aliphatic heterocycles. The molecule has 0 radical (unpaired) electrons. The Bertz CT molecular complexity index is 1020. The summed E-state index contributed by atoms with van der Waals surface area (Å²) in [7, 11) is 1.90. The highest BCUT2D eigenvalue weighted by Crippen LogP contribution is 2.34. The molecule has 10 heteroatoms. The zero-order valence-corrected chi connectivity index (χ0v) is 19.8. The van der Waals surface area contributed by atoms with Crippen LogP contribution in [0.3, 0.4) is 0 Å². The second-order valence-electron chi connectivity index (χ2n) is 6.47. The average molecular weight is 465 g/mol. The first-order valence-corrected chi connectivity index (χ1v) is 12.2. The van der Waals surface area contributed by atoms with Crippen molar-refractivity contribution < 1.29 is 14.3 Å². The quantitative estimate of drug-likeness (QED) is 0.375. The first-order valence-electron chi connectivity index (χ1n) is 9.57. The minimum atomic E-state index is -0.395. The summed E-state index contributed by atoms with van der Waals surface area (Å²) in [4.78, 5) is 27.2. The maximum Gasteiger partial charge on any atom is 0.341 e. The van der Waals surface area contributed by atoms with E-state index in [-0.39, 0.29) is 11.7 Å². The summed E-state index contributed by atoms with van der Waals surface area (Å²) in [6.07, 6.45) is 1.41. The van der Waals surface area contributed by atoms with Crippen LogP contribution < -0.4 is 5.32 Å². The van der Waals surface area contributed by atoms with E-state index in [9.17, 15) is 9.59 Å². The second-order valence-corrected chi connectivity index (χ2v) is 9.67. The normalized spacial score (nSPS) is 10.9. The van der Waals surface area contributed by atoms with Crippen LogP contribution in [0.5, 0.6) is 0 Å². The zero-order chi connectivity index (χ0) is 21.7. The number of anilines is 1. The Labute approximate surface area is 187 Å². The van der Waals surface area contributed by atoms with Crippen LogP contribution in [0, 0.1) is 6.92 Å². The molecule has 7 nitrogen and oxygen atoms in total. The molecule has 0 atom stereocenters. The van der Waals surface area contributed by atoms with Crippen molar-refractivity contribution in [3.8, 4) is 0 Å². The molecular weight excluding hydrogens is 440 g/mol. The molecule has 0 fully saturated rings. The van der Waals surface area contributed by atoms with Gasteiger partial charge in [-0.1, -0.05) is 24.8 Å². The Balaban J connectivity index is 1.65. The number of hydrogen-bond acceptors (Lipinski definition) is 8. The van der Waals surface area contributed by atoms with Gasteiger partial charge < -0.3 is 14.6 Å². The van der Waals surface area contributed by atoms with Gasteiger partial charge in [0.05, 0.1) is 17.9 Å². The van der Waals surface area contributed by atoms with Crippen molar-refractivity contribution in [2.75, 3.05) is 17.7 Å². The number of nitrogens with zero attached hydrogens (tertiary/aromatic N) is 3. The Hall–Kier alpha value is -2.17. The van der Waals surface area contributed by atoms with Crippen molar-refractivity contribution in [2.24, 2.45) is 7.05 Å². The van der Waals surface area contributed by atoms with E-state index >= 15 is 0 Å².